The molecule has 0 N–H and O–H groups in total. The van der Waals surface area contributed by atoms with Gasteiger partial charge in [0.1, 0.15) is 23.1 Å². The van der Waals surface area contributed by atoms with Crippen molar-refractivity contribution in [2.75, 3.05) is 14.2 Å². The number of benzene rings is 2. The Balaban J connectivity index is 2.29. The van der Waals surface area contributed by atoms with Gasteiger partial charge < -0.3 is 9.47 Å². The van der Waals surface area contributed by atoms with Crippen LogP contribution in [0.25, 0.3) is 17.1 Å². The zero-order valence-electron chi connectivity index (χ0n) is 14.4. The fraction of sp³-hybridized carbons (Fsp3) is 0.167. The SMILES string of the molecule is COc1cccc(-c2nc(C)cn2-c2cc(F)cc(OC)c2[N+](=O)[O-])c1. The van der Waals surface area contributed by atoms with Crippen LogP contribution in [0.1, 0.15) is 5.69 Å². The summed E-state index contributed by atoms with van der Waals surface area (Å²) in [7, 11) is 2.80. The molecule has 0 amide bonds. The first-order valence-corrected chi connectivity index (χ1v) is 7.67. The third-order valence-corrected chi connectivity index (χ3v) is 3.84. The van der Waals surface area contributed by atoms with Crippen LogP contribution in [0.15, 0.2) is 42.6 Å². The first-order valence-electron chi connectivity index (χ1n) is 7.67. The van der Waals surface area contributed by atoms with Crippen LogP contribution < -0.4 is 9.47 Å². The maximum absolute atomic E-state index is 14.0. The second kappa shape index (κ2) is 6.83. The predicted molar refractivity (Wildman–Crippen MR) is 93.5 cm³/mol. The maximum Gasteiger partial charge on any atom is 0.334 e. The standard InChI is InChI=1S/C18H16FN3O4/c1-11-10-21(18(20-11)12-5-4-6-14(7-12)25-2)15-8-13(19)9-16(26-3)17(15)22(23)24/h4-10H,1-3H3. The lowest BCUT2D eigenvalue weighted by Crippen LogP contribution is -2.04. The molecule has 7 nitrogen and oxygen atoms in total. The fourth-order valence-corrected chi connectivity index (χ4v) is 2.73. The van der Waals surface area contributed by atoms with E-state index >= 15 is 0 Å². The molecule has 0 radical (unpaired) electrons. The van der Waals surface area contributed by atoms with Crippen LogP contribution in [0.2, 0.25) is 0 Å². The number of nitro groups is 1. The van der Waals surface area contributed by atoms with Gasteiger partial charge in [0.05, 0.1) is 24.8 Å². The molecule has 0 bridgehead atoms. The summed E-state index contributed by atoms with van der Waals surface area (Å²) in [6.07, 6.45) is 1.61. The quantitative estimate of drug-likeness (QED) is 0.511. The minimum Gasteiger partial charge on any atom is -0.497 e. The van der Waals surface area contributed by atoms with E-state index in [1.807, 2.05) is 0 Å². The number of hydrogen-bond donors (Lipinski definition) is 0. The number of ether oxygens (including phenoxy) is 2. The highest BCUT2D eigenvalue weighted by molar-refractivity contribution is 5.68. The first-order chi connectivity index (χ1) is 12.4. The normalized spacial score (nSPS) is 10.6. The lowest BCUT2D eigenvalue weighted by atomic mass is 10.2. The number of halogens is 1. The molecule has 2 aromatic carbocycles. The van der Waals surface area contributed by atoms with Crippen LogP contribution in [-0.4, -0.2) is 28.7 Å². The van der Waals surface area contributed by atoms with Crippen LogP contribution in [-0.2, 0) is 0 Å². The molecule has 26 heavy (non-hydrogen) atoms. The molecule has 0 saturated heterocycles. The molecular formula is C18H16FN3O4. The Kier molecular flexibility index (Phi) is 4.57. The summed E-state index contributed by atoms with van der Waals surface area (Å²) in [5.41, 5.74) is 0.996. The van der Waals surface area contributed by atoms with Gasteiger partial charge in [-0.2, -0.15) is 0 Å². The zero-order valence-corrected chi connectivity index (χ0v) is 14.4. The van der Waals surface area contributed by atoms with Crippen molar-refractivity contribution in [1.29, 1.82) is 0 Å². The number of rotatable bonds is 5. The van der Waals surface area contributed by atoms with E-state index in [-0.39, 0.29) is 17.1 Å². The van der Waals surface area contributed by atoms with Crippen molar-refractivity contribution in [3.05, 3.63) is 64.2 Å². The molecule has 134 valence electrons. The van der Waals surface area contributed by atoms with E-state index < -0.39 is 10.7 Å². The minimum absolute atomic E-state index is 0.0327. The largest absolute Gasteiger partial charge is 0.497 e. The molecule has 8 heteroatoms. The first kappa shape index (κ1) is 17.4. The van der Waals surface area contributed by atoms with E-state index in [1.54, 1.807) is 44.5 Å². The van der Waals surface area contributed by atoms with E-state index in [1.165, 1.54) is 11.7 Å². The van der Waals surface area contributed by atoms with Crippen LogP contribution in [0.3, 0.4) is 0 Å². The highest BCUT2D eigenvalue weighted by Crippen LogP contribution is 2.37. The van der Waals surface area contributed by atoms with Gasteiger partial charge >= 0.3 is 5.69 Å². The molecule has 1 heterocycles. The Morgan fingerprint density at radius 3 is 2.62 bits per heavy atom. The van der Waals surface area contributed by atoms with Gasteiger partial charge in [-0.05, 0) is 19.1 Å². The molecule has 0 aliphatic carbocycles. The molecule has 0 atom stereocenters. The molecule has 0 saturated carbocycles. The van der Waals surface area contributed by atoms with Gasteiger partial charge in [-0.3, -0.25) is 14.7 Å². The molecule has 0 spiro atoms. The Morgan fingerprint density at radius 1 is 1.19 bits per heavy atom. The van der Waals surface area contributed by atoms with Gasteiger partial charge in [-0.25, -0.2) is 9.37 Å². The second-order valence-electron chi connectivity index (χ2n) is 5.54. The average molecular weight is 357 g/mol. The Hall–Kier alpha value is -3.42. The molecular weight excluding hydrogens is 341 g/mol. The van der Waals surface area contributed by atoms with Crippen LogP contribution in [0.5, 0.6) is 11.5 Å². The van der Waals surface area contributed by atoms with Gasteiger partial charge in [0.2, 0.25) is 5.75 Å². The van der Waals surface area contributed by atoms with Crippen molar-refractivity contribution in [3.63, 3.8) is 0 Å². The van der Waals surface area contributed by atoms with Gasteiger partial charge in [0.15, 0.2) is 0 Å². The van der Waals surface area contributed by atoms with E-state index in [2.05, 4.69) is 4.98 Å². The summed E-state index contributed by atoms with van der Waals surface area (Å²) < 4.78 is 25.8. The Bertz CT molecular complexity index is 985. The molecule has 3 aromatic rings. The summed E-state index contributed by atoms with van der Waals surface area (Å²) in [4.78, 5) is 15.4. The number of imidazole rings is 1. The van der Waals surface area contributed by atoms with Crippen molar-refractivity contribution >= 4 is 5.69 Å². The van der Waals surface area contributed by atoms with Crippen LogP contribution >= 0.6 is 0 Å². The number of hydrogen-bond acceptors (Lipinski definition) is 5. The van der Waals surface area contributed by atoms with Crippen molar-refractivity contribution in [1.82, 2.24) is 9.55 Å². The molecule has 0 fully saturated rings. The van der Waals surface area contributed by atoms with Crippen LogP contribution in [0, 0.1) is 22.9 Å². The summed E-state index contributed by atoms with van der Waals surface area (Å²) in [6, 6.07) is 9.17. The molecule has 0 unspecified atom stereocenters. The van der Waals surface area contributed by atoms with Gasteiger partial charge in [0.25, 0.3) is 0 Å². The van der Waals surface area contributed by atoms with Crippen molar-refractivity contribution in [2.45, 2.75) is 6.92 Å². The smallest absolute Gasteiger partial charge is 0.334 e. The monoisotopic (exact) mass is 357 g/mol. The van der Waals surface area contributed by atoms with Gasteiger partial charge in [-0.15, -0.1) is 0 Å². The fourth-order valence-electron chi connectivity index (χ4n) is 2.73. The highest BCUT2D eigenvalue weighted by Gasteiger charge is 2.26. The van der Waals surface area contributed by atoms with Crippen LogP contribution in [0.4, 0.5) is 10.1 Å². The lowest BCUT2D eigenvalue weighted by Gasteiger charge is -2.11. The van der Waals surface area contributed by atoms with Gasteiger partial charge in [-0.1, -0.05) is 12.1 Å². The Labute approximate surface area is 148 Å². The average Bonchev–Trinajstić information content (AvgIpc) is 3.02. The van der Waals surface area contributed by atoms with E-state index in [4.69, 9.17) is 9.47 Å². The molecule has 0 aliphatic heterocycles. The molecule has 1 aromatic heterocycles. The maximum atomic E-state index is 14.0. The molecule has 0 aliphatic rings. The topological polar surface area (TPSA) is 79.4 Å². The summed E-state index contributed by atoms with van der Waals surface area (Å²) in [5.74, 6) is 0.233. The number of aromatic nitrogens is 2. The van der Waals surface area contributed by atoms with Crippen molar-refractivity contribution in [2.24, 2.45) is 0 Å². The van der Waals surface area contributed by atoms with E-state index in [0.717, 1.165) is 12.1 Å². The number of nitro benzene ring substituents is 1. The molecule has 3 rings (SSSR count). The number of methoxy groups -OCH3 is 2. The Morgan fingerprint density at radius 2 is 1.96 bits per heavy atom. The zero-order chi connectivity index (χ0) is 18.8. The summed E-state index contributed by atoms with van der Waals surface area (Å²) >= 11 is 0. The van der Waals surface area contributed by atoms with Gasteiger partial charge in [0, 0.05) is 23.9 Å². The second-order valence-corrected chi connectivity index (χ2v) is 5.54. The minimum atomic E-state index is -0.648. The predicted octanol–water partition coefficient (Wildman–Crippen LogP) is 3.91. The van der Waals surface area contributed by atoms with Crippen molar-refractivity contribution in [3.8, 4) is 28.6 Å². The summed E-state index contributed by atoms with van der Waals surface area (Å²) in [5, 5.41) is 11.6. The highest BCUT2D eigenvalue weighted by atomic mass is 19.1. The lowest BCUT2D eigenvalue weighted by molar-refractivity contribution is -0.385. The van der Waals surface area contributed by atoms with E-state index in [9.17, 15) is 14.5 Å². The third kappa shape index (κ3) is 3.08. The number of aryl methyl sites for hydroxylation is 1. The van der Waals surface area contributed by atoms with Crippen molar-refractivity contribution < 1.29 is 18.8 Å². The summed E-state index contributed by atoms with van der Waals surface area (Å²) in [6.45, 7) is 1.75. The van der Waals surface area contributed by atoms with E-state index in [0.29, 0.717) is 22.8 Å². The number of nitrogens with zero attached hydrogens (tertiary/aromatic N) is 3. The third-order valence-electron chi connectivity index (χ3n) is 3.84.